The van der Waals surface area contributed by atoms with Crippen LogP contribution in [0, 0.1) is 0 Å². The van der Waals surface area contributed by atoms with Gasteiger partial charge in [-0.25, -0.2) is 0 Å². The predicted octanol–water partition coefficient (Wildman–Crippen LogP) is 1.54. The van der Waals surface area contributed by atoms with Gasteiger partial charge in [0.1, 0.15) is 37.9 Å². The molecule has 0 rings (SSSR count). The van der Waals surface area contributed by atoms with Crippen molar-refractivity contribution in [3.8, 4) is 0 Å². The van der Waals surface area contributed by atoms with Crippen molar-refractivity contribution >= 4 is 5.97 Å². The minimum absolute atomic E-state index is 0.0550. The van der Waals surface area contributed by atoms with Crippen LogP contribution in [0.25, 0.3) is 0 Å². The van der Waals surface area contributed by atoms with E-state index in [1.165, 1.54) is 0 Å². The van der Waals surface area contributed by atoms with E-state index in [9.17, 15) is 25.2 Å². The average molecular weight is 400 g/mol. The topological polar surface area (TPSA) is 101 Å². The lowest BCUT2D eigenvalue weighted by Gasteiger charge is -2.47. The van der Waals surface area contributed by atoms with Crippen molar-refractivity contribution in [2.24, 2.45) is 0 Å². The predicted molar refractivity (Wildman–Crippen MR) is 110 cm³/mol. The fourth-order valence-corrected chi connectivity index (χ4v) is 4.00. The molecule has 0 aromatic heterocycles. The van der Waals surface area contributed by atoms with Crippen LogP contribution in [0.2, 0.25) is 0 Å². The van der Waals surface area contributed by atoms with Gasteiger partial charge < -0.3 is 29.7 Å². The number of rotatable bonds is 19. The average Bonchev–Trinajstić information content (AvgIpc) is 2.62. The summed E-state index contributed by atoms with van der Waals surface area (Å²) < 4.78 is -0.0550. The lowest BCUT2D eigenvalue weighted by Crippen LogP contribution is -2.66. The van der Waals surface area contributed by atoms with Crippen LogP contribution in [0.3, 0.4) is 0 Å². The van der Waals surface area contributed by atoms with Gasteiger partial charge >= 0.3 is 0 Å². The Bertz CT molecular complexity index is 417. The molecule has 0 heterocycles. The zero-order valence-electron chi connectivity index (χ0n) is 17.6. The van der Waals surface area contributed by atoms with Gasteiger partial charge in [-0.1, -0.05) is 31.9 Å². The monoisotopic (exact) mass is 399 g/mol. The molecular formula is C22H41NO5. The van der Waals surface area contributed by atoms with Crippen molar-refractivity contribution in [3.05, 3.63) is 25.3 Å². The quantitative estimate of drug-likeness (QED) is 0.174. The van der Waals surface area contributed by atoms with Crippen LogP contribution in [0.4, 0.5) is 0 Å². The van der Waals surface area contributed by atoms with E-state index in [1.807, 2.05) is 12.2 Å². The van der Waals surface area contributed by atoms with E-state index in [2.05, 4.69) is 13.2 Å². The number of quaternary nitrogens is 1. The van der Waals surface area contributed by atoms with E-state index in [-0.39, 0.29) is 30.7 Å². The molecule has 3 N–H and O–H groups in total. The summed E-state index contributed by atoms with van der Waals surface area (Å²) in [5, 5.41) is 42.6. The largest absolute Gasteiger partial charge is 0.544 e. The van der Waals surface area contributed by atoms with Crippen LogP contribution in [0.5, 0.6) is 0 Å². The maximum atomic E-state index is 11.8. The lowest BCUT2D eigenvalue weighted by atomic mass is 10.0. The molecule has 0 aliphatic rings. The Hall–Kier alpha value is -1.21. The van der Waals surface area contributed by atoms with Crippen molar-refractivity contribution in [3.63, 3.8) is 0 Å². The first-order valence-electron chi connectivity index (χ1n) is 10.6. The van der Waals surface area contributed by atoms with Crippen molar-refractivity contribution in [2.45, 2.75) is 83.0 Å². The van der Waals surface area contributed by atoms with Crippen LogP contribution >= 0.6 is 0 Å². The Labute approximate surface area is 170 Å². The zero-order chi connectivity index (χ0) is 21.4. The molecule has 0 fully saturated rings. The van der Waals surface area contributed by atoms with Gasteiger partial charge in [-0.3, -0.25) is 0 Å². The molecule has 0 aromatic carbocycles. The maximum absolute atomic E-state index is 11.8. The van der Waals surface area contributed by atoms with Gasteiger partial charge in [0.15, 0.2) is 0 Å². The molecule has 164 valence electrons. The second-order valence-corrected chi connectivity index (χ2v) is 7.73. The highest BCUT2D eigenvalue weighted by Crippen LogP contribution is 2.22. The smallest absolute Gasteiger partial charge is 0.129 e. The van der Waals surface area contributed by atoms with Gasteiger partial charge in [-0.2, -0.15) is 0 Å². The van der Waals surface area contributed by atoms with Gasteiger partial charge in [0.25, 0.3) is 0 Å². The van der Waals surface area contributed by atoms with Crippen molar-refractivity contribution in [1.82, 2.24) is 0 Å². The van der Waals surface area contributed by atoms with Crippen LogP contribution in [-0.2, 0) is 4.79 Å². The normalized spacial score (nSPS) is 16.7. The molecule has 0 saturated carbocycles. The highest BCUT2D eigenvalue weighted by Gasteiger charge is 2.40. The molecule has 0 aliphatic heterocycles. The Morgan fingerprint density at radius 2 is 1.46 bits per heavy atom. The summed E-state index contributed by atoms with van der Waals surface area (Å²) in [4.78, 5) is 11.8. The first-order chi connectivity index (χ1) is 13.4. The molecule has 0 aromatic rings. The van der Waals surface area contributed by atoms with Crippen molar-refractivity contribution < 1.29 is 29.7 Å². The minimum Gasteiger partial charge on any atom is -0.544 e. The zero-order valence-corrected chi connectivity index (χ0v) is 17.6. The van der Waals surface area contributed by atoms with Gasteiger partial charge in [0.2, 0.25) is 0 Å². The molecule has 0 amide bonds. The molecule has 0 bridgehead atoms. The summed E-state index contributed by atoms with van der Waals surface area (Å²) in [7, 11) is 0. The number of aliphatic carboxylic acids is 1. The second-order valence-electron chi connectivity index (χ2n) is 7.73. The van der Waals surface area contributed by atoms with E-state index in [0.29, 0.717) is 19.3 Å². The third-order valence-electron chi connectivity index (χ3n) is 5.41. The summed E-state index contributed by atoms with van der Waals surface area (Å²) in [5.41, 5.74) is 0. The summed E-state index contributed by atoms with van der Waals surface area (Å²) in [6, 6.07) is -0.877. The molecule has 0 saturated heterocycles. The number of carboxylic acids is 1. The Morgan fingerprint density at radius 1 is 1.00 bits per heavy atom. The van der Waals surface area contributed by atoms with E-state index < -0.39 is 24.2 Å². The van der Waals surface area contributed by atoms with E-state index in [1.54, 1.807) is 6.92 Å². The van der Waals surface area contributed by atoms with Crippen LogP contribution in [-0.4, -0.2) is 70.3 Å². The Balaban J connectivity index is 5.25. The number of nitrogens with zero attached hydrogens (tertiary/aromatic N) is 1. The first kappa shape index (κ1) is 26.8. The molecule has 0 aliphatic carbocycles. The van der Waals surface area contributed by atoms with E-state index >= 15 is 0 Å². The van der Waals surface area contributed by atoms with Gasteiger partial charge in [0.05, 0.1) is 12.6 Å². The number of carbonyl (C=O) groups is 1. The SMILES string of the molecule is C=CCCCCC(O)C[N+](CCO)(CC(O)CCCCC=C)C(CC)C(=O)[O-]. The maximum Gasteiger partial charge on any atom is 0.129 e. The first-order valence-corrected chi connectivity index (χ1v) is 10.6. The van der Waals surface area contributed by atoms with Crippen molar-refractivity contribution in [1.29, 1.82) is 0 Å². The van der Waals surface area contributed by atoms with Crippen LogP contribution in [0.1, 0.15) is 64.7 Å². The van der Waals surface area contributed by atoms with Gasteiger partial charge in [-0.05, 0) is 38.5 Å². The molecule has 0 radical (unpaired) electrons. The summed E-state index contributed by atoms with van der Waals surface area (Å²) >= 11 is 0. The third kappa shape index (κ3) is 10.4. The number of aliphatic hydroxyl groups is 3. The fourth-order valence-electron chi connectivity index (χ4n) is 4.00. The number of hydrogen-bond donors (Lipinski definition) is 3. The molecule has 3 unspecified atom stereocenters. The van der Waals surface area contributed by atoms with Gasteiger partial charge in [-0.15, -0.1) is 13.2 Å². The van der Waals surface area contributed by atoms with E-state index in [0.717, 1.165) is 38.5 Å². The molecule has 6 heteroatoms. The van der Waals surface area contributed by atoms with Crippen molar-refractivity contribution in [2.75, 3.05) is 26.2 Å². The molecule has 6 nitrogen and oxygen atoms in total. The van der Waals surface area contributed by atoms with Gasteiger partial charge in [0, 0.05) is 6.42 Å². The number of hydrogen-bond acceptors (Lipinski definition) is 5. The Kier molecular flexibility index (Phi) is 15.0. The number of carbonyl (C=O) groups excluding carboxylic acids is 1. The summed E-state index contributed by atoms with van der Waals surface area (Å²) in [6.45, 7) is 9.46. The molecular weight excluding hydrogens is 358 g/mol. The lowest BCUT2D eigenvalue weighted by molar-refractivity contribution is -0.950. The number of aliphatic hydroxyl groups excluding tert-OH is 3. The number of unbranched alkanes of at least 4 members (excludes halogenated alkanes) is 4. The van der Waals surface area contributed by atoms with Crippen LogP contribution < -0.4 is 5.11 Å². The highest BCUT2D eigenvalue weighted by molar-refractivity contribution is 5.69. The summed E-state index contributed by atoms with van der Waals surface area (Å²) in [6.07, 6.45) is 8.94. The van der Waals surface area contributed by atoms with Crippen LogP contribution in [0.15, 0.2) is 25.3 Å². The third-order valence-corrected chi connectivity index (χ3v) is 5.41. The molecule has 28 heavy (non-hydrogen) atoms. The second kappa shape index (κ2) is 15.7. The minimum atomic E-state index is -1.20. The number of carboxylic acid groups (broad SMARTS) is 1. The fraction of sp³-hybridized carbons (Fsp3) is 0.773. The number of allylic oxidation sites excluding steroid dienone is 2. The highest BCUT2D eigenvalue weighted by atomic mass is 16.4. The standard InChI is InChI=1S/C22H41NO5/c1-4-7-9-11-13-19(25)17-23(15-16-24,21(6-3)22(27)28)18-20(26)14-12-10-8-5-2/h4-5,19-21,24-26H,1-2,6-18H2,3H3. The summed E-state index contributed by atoms with van der Waals surface area (Å²) in [5.74, 6) is -1.20. The Morgan fingerprint density at radius 3 is 1.79 bits per heavy atom. The molecule has 0 spiro atoms. The molecule has 3 atom stereocenters. The van der Waals surface area contributed by atoms with E-state index in [4.69, 9.17) is 0 Å².